The number of rotatable bonds is 7. The van der Waals surface area contributed by atoms with Crippen molar-refractivity contribution in [1.29, 1.82) is 0 Å². The highest BCUT2D eigenvalue weighted by molar-refractivity contribution is 8.01. The predicted octanol–water partition coefficient (Wildman–Crippen LogP) is 2.64. The van der Waals surface area contributed by atoms with E-state index in [0.717, 1.165) is 5.56 Å². The molecule has 4 rings (SSSR count). The predicted molar refractivity (Wildman–Crippen MR) is 123 cm³/mol. The van der Waals surface area contributed by atoms with Gasteiger partial charge in [0.1, 0.15) is 18.0 Å². The van der Waals surface area contributed by atoms with Gasteiger partial charge in [0.25, 0.3) is 17.1 Å². The van der Waals surface area contributed by atoms with Crippen LogP contribution in [0.5, 0.6) is 0 Å². The number of amides is 1. The summed E-state index contributed by atoms with van der Waals surface area (Å²) < 4.78 is 4.60. The van der Waals surface area contributed by atoms with Gasteiger partial charge in [-0.15, -0.1) is 11.8 Å². The molecule has 2 saturated heterocycles. The van der Waals surface area contributed by atoms with Crippen molar-refractivity contribution in [3.8, 4) is 0 Å². The molecule has 2 heterocycles. The number of carbonyl (C=O) groups is 3. The summed E-state index contributed by atoms with van der Waals surface area (Å²) in [6.45, 7) is 3.31. The second kappa shape index (κ2) is 8.56. The zero-order chi connectivity index (χ0) is 24.7. The average Bonchev–Trinajstić information content (AvgIpc) is 3.07. The molecule has 176 valence electrons. The third-order valence-corrected chi connectivity index (χ3v) is 7.42. The number of aliphatic carboxylic acids is 1. The molecule has 2 aromatic carbocycles. The highest BCUT2D eigenvalue weighted by Crippen LogP contribution is 2.56. The van der Waals surface area contributed by atoms with Crippen molar-refractivity contribution in [2.24, 2.45) is 4.99 Å². The summed E-state index contributed by atoms with van der Waals surface area (Å²) >= 11 is 1.18. The first-order valence-corrected chi connectivity index (χ1v) is 11.2. The smallest absolute Gasteiger partial charge is 0.347 e. The van der Waals surface area contributed by atoms with Crippen molar-refractivity contribution < 1.29 is 29.2 Å². The zero-order valence-corrected chi connectivity index (χ0v) is 19.1. The number of nitro groups is 1. The number of nitro benzene ring substituents is 1. The van der Waals surface area contributed by atoms with Gasteiger partial charge in [0.2, 0.25) is 0 Å². The number of esters is 1. The minimum absolute atomic E-state index is 0.0785. The van der Waals surface area contributed by atoms with Crippen LogP contribution in [0.15, 0.2) is 59.6 Å². The van der Waals surface area contributed by atoms with E-state index in [0.29, 0.717) is 5.56 Å². The van der Waals surface area contributed by atoms with Crippen LogP contribution in [0.25, 0.3) is 0 Å². The van der Waals surface area contributed by atoms with Crippen LogP contribution in [0, 0.1) is 10.1 Å². The number of fused-ring (bicyclic) bond motifs is 1. The number of carboxylic acid groups (broad SMARTS) is 1. The Morgan fingerprint density at radius 1 is 1.21 bits per heavy atom. The molecule has 2 aliphatic heterocycles. The first-order valence-electron chi connectivity index (χ1n) is 10.3. The second-order valence-corrected chi connectivity index (χ2v) is 10.2. The van der Waals surface area contributed by atoms with Crippen LogP contribution >= 0.6 is 11.8 Å². The Morgan fingerprint density at radius 2 is 1.85 bits per heavy atom. The minimum atomic E-state index is -1.96. The van der Waals surface area contributed by atoms with E-state index in [2.05, 4.69) is 4.99 Å². The molecule has 10 nitrogen and oxygen atoms in total. The number of hydrogen-bond donors (Lipinski definition) is 1. The zero-order valence-electron chi connectivity index (χ0n) is 18.3. The molecule has 0 aliphatic carbocycles. The number of ether oxygens (including phenoxy) is 1. The van der Waals surface area contributed by atoms with Gasteiger partial charge in [-0.25, -0.2) is 9.59 Å². The number of benzene rings is 2. The van der Waals surface area contributed by atoms with Gasteiger partial charge in [-0.3, -0.25) is 19.9 Å². The normalized spacial score (nSPS) is 25.0. The van der Waals surface area contributed by atoms with Crippen LogP contribution in [0.1, 0.15) is 25.0 Å². The molecule has 11 heteroatoms. The second-order valence-electron chi connectivity index (χ2n) is 8.46. The van der Waals surface area contributed by atoms with Gasteiger partial charge >= 0.3 is 11.9 Å². The maximum absolute atomic E-state index is 13.3. The standard InChI is InChI=1S/C23H21N3O7S/c1-22(2)17(18(27)28)25-19(29)23(20(25)34-22,21(30)33-13-15-6-4-3-5-7-15)24-12-14-8-10-16(11-9-14)26(31)32/h3-12,17,20H,13H2,1-2H3,(H,27,28)/t17-,20+,23?/m0/s1. The molecule has 34 heavy (non-hydrogen) atoms. The molecule has 0 bridgehead atoms. The highest BCUT2D eigenvalue weighted by Gasteiger charge is 2.75. The SMILES string of the molecule is CC1(C)S[C@H]2N(C(=O)C2(N=Cc2ccc([N+](=O)[O-])cc2)C(=O)OCc2ccccc2)[C@H]1C(=O)O. The maximum atomic E-state index is 13.3. The first kappa shape index (κ1) is 23.4. The molecule has 3 atom stereocenters. The van der Waals surface area contributed by atoms with E-state index in [1.54, 1.807) is 38.1 Å². The van der Waals surface area contributed by atoms with Gasteiger partial charge in [-0.05, 0) is 37.1 Å². The van der Waals surface area contributed by atoms with Gasteiger partial charge in [0, 0.05) is 23.1 Å². The van der Waals surface area contributed by atoms with Gasteiger partial charge in [-0.2, -0.15) is 0 Å². The molecule has 2 fully saturated rings. The van der Waals surface area contributed by atoms with E-state index < -0.39 is 44.5 Å². The van der Waals surface area contributed by atoms with Gasteiger partial charge < -0.3 is 14.7 Å². The number of carboxylic acids is 1. The Labute approximate surface area is 198 Å². The molecule has 0 aromatic heterocycles. The average molecular weight is 484 g/mol. The van der Waals surface area contributed by atoms with Crippen molar-refractivity contribution in [2.45, 2.75) is 42.2 Å². The third-order valence-electron chi connectivity index (χ3n) is 5.80. The lowest BCUT2D eigenvalue weighted by molar-refractivity contribution is -0.384. The molecule has 2 aliphatic rings. The number of nitrogens with zero attached hydrogens (tertiary/aromatic N) is 3. The van der Waals surface area contributed by atoms with Gasteiger partial charge in [0.05, 0.1) is 4.92 Å². The van der Waals surface area contributed by atoms with Crippen LogP contribution in [0.2, 0.25) is 0 Å². The molecular formula is C23H21N3O7S. The van der Waals surface area contributed by atoms with E-state index in [1.807, 2.05) is 6.07 Å². The summed E-state index contributed by atoms with van der Waals surface area (Å²) in [7, 11) is 0. The lowest BCUT2D eigenvalue weighted by atomic mass is 9.85. The highest BCUT2D eigenvalue weighted by atomic mass is 32.2. The number of carbonyl (C=O) groups excluding carboxylic acids is 2. The van der Waals surface area contributed by atoms with Crippen LogP contribution in [-0.4, -0.2) is 60.7 Å². The molecule has 1 unspecified atom stereocenters. The molecular weight excluding hydrogens is 462 g/mol. The number of non-ortho nitro benzene ring substituents is 1. The van der Waals surface area contributed by atoms with Crippen LogP contribution in [0.3, 0.4) is 0 Å². The molecule has 0 saturated carbocycles. The van der Waals surface area contributed by atoms with Crippen molar-refractivity contribution in [3.63, 3.8) is 0 Å². The lowest BCUT2D eigenvalue weighted by Crippen LogP contribution is -2.76. The Hall–Kier alpha value is -3.73. The molecule has 0 radical (unpaired) electrons. The van der Waals surface area contributed by atoms with E-state index >= 15 is 0 Å². The summed E-state index contributed by atoms with van der Waals surface area (Å²) in [5.74, 6) is -2.80. The topological polar surface area (TPSA) is 139 Å². The summed E-state index contributed by atoms with van der Waals surface area (Å²) in [5, 5.41) is 19.7. The molecule has 1 amide bonds. The van der Waals surface area contributed by atoms with E-state index in [1.165, 1.54) is 47.1 Å². The molecule has 1 N–H and O–H groups in total. The fourth-order valence-electron chi connectivity index (χ4n) is 4.09. The van der Waals surface area contributed by atoms with E-state index in [-0.39, 0.29) is 12.3 Å². The summed E-state index contributed by atoms with van der Waals surface area (Å²) in [5.41, 5.74) is -0.916. The van der Waals surface area contributed by atoms with Crippen LogP contribution in [0.4, 0.5) is 5.69 Å². The number of thioether (sulfide) groups is 1. The van der Waals surface area contributed by atoms with Crippen molar-refractivity contribution in [3.05, 3.63) is 75.8 Å². The largest absolute Gasteiger partial charge is 0.480 e. The van der Waals surface area contributed by atoms with Crippen LogP contribution < -0.4 is 0 Å². The first-order chi connectivity index (χ1) is 16.1. The fraction of sp³-hybridized carbons (Fsp3) is 0.304. The number of aliphatic imine (C=N–C) groups is 1. The van der Waals surface area contributed by atoms with Crippen molar-refractivity contribution in [2.75, 3.05) is 0 Å². The molecule has 2 aromatic rings. The van der Waals surface area contributed by atoms with Crippen LogP contribution in [-0.2, 0) is 25.7 Å². The monoisotopic (exact) mass is 483 g/mol. The van der Waals surface area contributed by atoms with Gasteiger partial charge in [0.15, 0.2) is 0 Å². The third kappa shape index (κ3) is 3.81. The lowest BCUT2D eigenvalue weighted by Gasteiger charge is -2.48. The number of β-lactam (4-membered cyclic amide) rings is 1. The Morgan fingerprint density at radius 3 is 2.44 bits per heavy atom. The fourth-order valence-corrected chi connectivity index (χ4v) is 5.77. The van der Waals surface area contributed by atoms with Crippen molar-refractivity contribution >= 4 is 41.5 Å². The Bertz CT molecular complexity index is 1180. The Balaban J connectivity index is 1.67. The Kier molecular flexibility index (Phi) is 5.90. The van der Waals surface area contributed by atoms with E-state index in [9.17, 15) is 29.6 Å². The number of hydrogen-bond acceptors (Lipinski definition) is 8. The summed E-state index contributed by atoms with van der Waals surface area (Å²) in [4.78, 5) is 54.4. The van der Waals surface area contributed by atoms with E-state index in [4.69, 9.17) is 4.74 Å². The van der Waals surface area contributed by atoms with Crippen molar-refractivity contribution in [1.82, 2.24) is 4.90 Å². The van der Waals surface area contributed by atoms with Gasteiger partial charge in [-0.1, -0.05) is 30.3 Å². The maximum Gasteiger partial charge on any atom is 0.347 e. The summed E-state index contributed by atoms with van der Waals surface area (Å²) in [6, 6.07) is 13.2. The minimum Gasteiger partial charge on any atom is -0.480 e. The summed E-state index contributed by atoms with van der Waals surface area (Å²) in [6.07, 6.45) is 1.28. The quantitative estimate of drug-likeness (QED) is 0.158. The molecule has 0 spiro atoms.